The molecule has 2 aliphatic carbocycles. The highest BCUT2D eigenvalue weighted by molar-refractivity contribution is 5.40. The number of unbranched alkanes of at least 4 members (excludes halogenated alkanes) is 4. The maximum Gasteiger partial charge on any atom is 0.0402 e. The van der Waals surface area contributed by atoms with Crippen LogP contribution in [0.2, 0.25) is 0 Å². The predicted molar refractivity (Wildman–Crippen MR) is 162 cm³/mol. The van der Waals surface area contributed by atoms with Crippen LogP contribution < -0.4 is 0 Å². The molecule has 2 aliphatic rings. The predicted octanol–water partition coefficient (Wildman–Crippen LogP) is 11.6. The first-order valence-electron chi connectivity index (χ1n) is 15.0. The van der Waals surface area contributed by atoms with Gasteiger partial charge in [0.05, 0.1) is 0 Å². The molecule has 0 aromatic rings. The standard InChI is InChI=1S/C29H47N.C3H8.C2H6/c1-8-10-11-12-13-16-26-20-28(21-26)30(25(7)9-2)29(22(3)4)19-24(6)27-17-14-15-23(5)18-27;1-3-2;1-2/h9,18-19,23,26,28H,2,7-8,10-17,20-21H2,1,3-6H3;3H2,1-2H3;1-2H3/b24-19+;;. The number of allylic oxidation sites excluding steroid dienone is 6. The van der Waals surface area contributed by atoms with Gasteiger partial charge in [-0.1, -0.05) is 111 Å². The van der Waals surface area contributed by atoms with Crippen LogP contribution in [0.4, 0.5) is 0 Å². The summed E-state index contributed by atoms with van der Waals surface area (Å²) in [5, 5.41) is 0. The lowest BCUT2D eigenvalue weighted by molar-refractivity contribution is 0.131. The molecule has 35 heavy (non-hydrogen) atoms. The lowest BCUT2D eigenvalue weighted by Gasteiger charge is -2.45. The Morgan fingerprint density at radius 3 is 2.14 bits per heavy atom. The molecule has 0 amide bonds. The first kappa shape index (κ1) is 33.5. The highest BCUT2D eigenvalue weighted by atomic mass is 15.2. The average Bonchev–Trinajstić information content (AvgIpc) is 2.82. The van der Waals surface area contributed by atoms with Gasteiger partial charge in [0, 0.05) is 17.4 Å². The van der Waals surface area contributed by atoms with Crippen LogP contribution in [0.25, 0.3) is 0 Å². The van der Waals surface area contributed by atoms with Crippen LogP contribution in [0.5, 0.6) is 0 Å². The highest BCUT2D eigenvalue weighted by Gasteiger charge is 2.34. The summed E-state index contributed by atoms with van der Waals surface area (Å²) in [7, 11) is 0. The van der Waals surface area contributed by atoms with Crippen LogP contribution in [-0.4, -0.2) is 10.9 Å². The molecule has 0 spiro atoms. The minimum Gasteiger partial charge on any atom is -0.339 e. The van der Waals surface area contributed by atoms with Gasteiger partial charge in [0.2, 0.25) is 0 Å². The number of nitrogens with zero attached hydrogens (tertiary/aromatic N) is 1. The molecule has 0 N–H and O–H groups in total. The van der Waals surface area contributed by atoms with E-state index in [0.29, 0.717) is 12.0 Å². The third-order valence-corrected chi connectivity index (χ3v) is 7.06. The monoisotopic (exact) mass is 483 g/mol. The van der Waals surface area contributed by atoms with Crippen LogP contribution in [0.3, 0.4) is 0 Å². The number of hydrogen-bond acceptors (Lipinski definition) is 1. The lowest BCUT2D eigenvalue weighted by Crippen LogP contribution is -2.43. The summed E-state index contributed by atoms with van der Waals surface area (Å²) in [6.45, 7) is 28.1. The zero-order valence-electron chi connectivity index (χ0n) is 25.3. The van der Waals surface area contributed by atoms with Crippen molar-refractivity contribution in [1.29, 1.82) is 0 Å². The van der Waals surface area contributed by atoms with E-state index < -0.39 is 0 Å². The van der Waals surface area contributed by atoms with Gasteiger partial charge in [-0.05, 0) is 88.0 Å². The van der Waals surface area contributed by atoms with Gasteiger partial charge in [0.1, 0.15) is 0 Å². The Hall–Kier alpha value is -1.50. The van der Waals surface area contributed by atoms with Crippen molar-refractivity contribution >= 4 is 0 Å². The Kier molecular flexibility index (Phi) is 18.8. The molecule has 0 bridgehead atoms. The van der Waals surface area contributed by atoms with Crippen LogP contribution in [0.1, 0.15) is 139 Å². The molecule has 2 rings (SSSR count). The molecule has 1 fully saturated rings. The Morgan fingerprint density at radius 1 is 1.03 bits per heavy atom. The minimum absolute atomic E-state index is 0.573. The Bertz CT molecular complexity index is 679. The summed E-state index contributed by atoms with van der Waals surface area (Å²) >= 11 is 0. The zero-order valence-corrected chi connectivity index (χ0v) is 25.3. The number of rotatable bonds is 12. The molecule has 0 aromatic heterocycles. The van der Waals surface area contributed by atoms with E-state index in [2.05, 4.69) is 78.7 Å². The Balaban J connectivity index is 0.00000214. The van der Waals surface area contributed by atoms with Gasteiger partial charge >= 0.3 is 0 Å². The largest absolute Gasteiger partial charge is 0.339 e. The van der Waals surface area contributed by atoms with Crippen molar-refractivity contribution in [3.8, 4) is 0 Å². The molecule has 202 valence electrons. The van der Waals surface area contributed by atoms with Crippen LogP contribution >= 0.6 is 0 Å². The molecule has 0 radical (unpaired) electrons. The van der Waals surface area contributed by atoms with Gasteiger partial charge in [0.25, 0.3) is 0 Å². The third kappa shape index (κ3) is 12.3. The second-order valence-corrected chi connectivity index (χ2v) is 10.7. The zero-order chi connectivity index (χ0) is 26.8. The average molecular weight is 484 g/mol. The topological polar surface area (TPSA) is 3.24 Å². The van der Waals surface area contributed by atoms with E-state index in [1.54, 1.807) is 0 Å². The lowest BCUT2D eigenvalue weighted by atomic mass is 9.75. The van der Waals surface area contributed by atoms with E-state index in [1.165, 1.54) is 99.5 Å². The van der Waals surface area contributed by atoms with Crippen molar-refractivity contribution in [1.82, 2.24) is 4.90 Å². The maximum atomic E-state index is 4.36. The first-order valence-corrected chi connectivity index (χ1v) is 15.0. The van der Waals surface area contributed by atoms with E-state index >= 15 is 0 Å². The van der Waals surface area contributed by atoms with Crippen molar-refractivity contribution in [3.05, 3.63) is 59.5 Å². The van der Waals surface area contributed by atoms with E-state index in [9.17, 15) is 0 Å². The normalized spacial score (nSPS) is 21.2. The molecule has 0 heterocycles. The molecular formula is C34H61N. The van der Waals surface area contributed by atoms with Gasteiger partial charge in [-0.2, -0.15) is 0 Å². The fraction of sp³-hybridized carbons (Fsp3) is 0.706. The van der Waals surface area contributed by atoms with E-state index in [-0.39, 0.29) is 0 Å². The van der Waals surface area contributed by atoms with Crippen LogP contribution in [-0.2, 0) is 0 Å². The summed E-state index contributed by atoms with van der Waals surface area (Å²) in [5.74, 6) is 1.60. The SMILES string of the molecule is C=CC(=C)N(C(/C=C(\C)C1=CC(C)CCC1)=C(C)C)C1CC(CCCCCCC)C1.CC.CCC. The van der Waals surface area contributed by atoms with Crippen LogP contribution in [0.15, 0.2) is 59.5 Å². The van der Waals surface area contributed by atoms with Gasteiger partial charge in [-0.15, -0.1) is 0 Å². The summed E-state index contributed by atoms with van der Waals surface area (Å²) in [6, 6.07) is 0.573. The summed E-state index contributed by atoms with van der Waals surface area (Å²) < 4.78 is 0. The first-order chi connectivity index (χ1) is 16.8. The fourth-order valence-corrected chi connectivity index (χ4v) is 5.07. The highest BCUT2D eigenvalue weighted by Crippen LogP contribution is 2.40. The molecule has 1 atom stereocenters. The van der Waals surface area contributed by atoms with Gasteiger partial charge in [0.15, 0.2) is 0 Å². The minimum atomic E-state index is 0.573. The van der Waals surface area contributed by atoms with E-state index in [1.807, 2.05) is 19.9 Å². The molecular weight excluding hydrogens is 422 g/mol. The molecule has 0 saturated heterocycles. The molecule has 0 aromatic carbocycles. The van der Waals surface area contributed by atoms with Gasteiger partial charge in [-0.25, -0.2) is 0 Å². The molecule has 1 nitrogen and oxygen atoms in total. The quantitative estimate of drug-likeness (QED) is 0.197. The van der Waals surface area contributed by atoms with Crippen molar-refractivity contribution in [2.45, 2.75) is 145 Å². The maximum absolute atomic E-state index is 4.36. The molecule has 1 unspecified atom stereocenters. The van der Waals surface area contributed by atoms with Crippen molar-refractivity contribution in [2.24, 2.45) is 11.8 Å². The molecule has 1 heteroatoms. The number of hydrogen-bond donors (Lipinski definition) is 0. The summed E-state index contributed by atoms with van der Waals surface area (Å²) in [5.41, 5.74) is 6.71. The Labute approximate surface area is 221 Å². The van der Waals surface area contributed by atoms with Gasteiger partial charge < -0.3 is 4.90 Å². The fourth-order valence-electron chi connectivity index (χ4n) is 5.07. The van der Waals surface area contributed by atoms with E-state index in [0.717, 1.165) is 11.6 Å². The van der Waals surface area contributed by atoms with Crippen molar-refractivity contribution in [2.75, 3.05) is 0 Å². The smallest absolute Gasteiger partial charge is 0.0402 e. The van der Waals surface area contributed by atoms with Crippen molar-refractivity contribution in [3.63, 3.8) is 0 Å². The second-order valence-electron chi connectivity index (χ2n) is 10.7. The van der Waals surface area contributed by atoms with Gasteiger partial charge in [-0.3, -0.25) is 0 Å². The molecule has 0 aliphatic heterocycles. The summed E-state index contributed by atoms with van der Waals surface area (Å²) in [4.78, 5) is 2.49. The summed E-state index contributed by atoms with van der Waals surface area (Å²) in [6.07, 6.45) is 22.9. The Morgan fingerprint density at radius 2 is 1.63 bits per heavy atom. The van der Waals surface area contributed by atoms with Crippen LogP contribution in [0, 0.1) is 11.8 Å². The van der Waals surface area contributed by atoms with E-state index in [4.69, 9.17) is 0 Å². The second kappa shape index (κ2) is 19.7. The van der Waals surface area contributed by atoms with Crippen molar-refractivity contribution < 1.29 is 0 Å². The molecule has 1 saturated carbocycles. The third-order valence-electron chi connectivity index (χ3n) is 7.06.